The number of hydrogen-bond donors (Lipinski definition) is 5. The highest BCUT2D eigenvalue weighted by Crippen LogP contribution is 2.28. The highest BCUT2D eigenvalue weighted by molar-refractivity contribution is 4.95. The molecule has 0 aromatic carbocycles. The number of rotatable bonds is 3. The van der Waals surface area contributed by atoms with Crippen LogP contribution < -0.4 is 4.90 Å². The minimum atomic E-state index is -1.74. The molecule has 0 saturated carbocycles. The van der Waals surface area contributed by atoms with Crippen molar-refractivity contribution in [1.82, 2.24) is 0 Å². The topological polar surface area (TPSA) is 94.6 Å². The minimum Gasteiger partial charge on any atom is -0.394 e. The van der Waals surface area contributed by atoms with Gasteiger partial charge in [-0.1, -0.05) is 0 Å². The molecule has 0 unspecified atom stereocenters. The van der Waals surface area contributed by atoms with Crippen LogP contribution in [-0.4, -0.2) is 70.8 Å². The van der Waals surface area contributed by atoms with Crippen molar-refractivity contribution >= 4 is 0 Å². The lowest BCUT2D eigenvalue weighted by atomic mass is 10.0. The number of aliphatic hydroxyl groups is 4. The van der Waals surface area contributed by atoms with Crippen LogP contribution in [0.25, 0.3) is 0 Å². The zero-order chi connectivity index (χ0) is 12.5. The molecule has 2 rings (SSSR count). The van der Waals surface area contributed by atoms with Crippen molar-refractivity contribution in [3.05, 3.63) is 0 Å². The SMILES string of the molecule is OC[C@@H]1O[C@@](O)(C[NH+]2CCCCC2)[C@H](O)[C@@H]1O. The van der Waals surface area contributed by atoms with E-state index in [1.807, 2.05) is 0 Å². The first kappa shape index (κ1) is 13.2. The lowest BCUT2D eigenvalue weighted by molar-refractivity contribution is -0.915. The Balaban J connectivity index is 1.98. The lowest BCUT2D eigenvalue weighted by Gasteiger charge is -2.32. The van der Waals surface area contributed by atoms with E-state index >= 15 is 0 Å². The summed E-state index contributed by atoms with van der Waals surface area (Å²) in [4.78, 5) is 1.17. The Kier molecular flexibility index (Phi) is 4.02. The molecule has 2 aliphatic rings. The van der Waals surface area contributed by atoms with Crippen LogP contribution in [0.1, 0.15) is 19.3 Å². The van der Waals surface area contributed by atoms with Crippen LogP contribution in [0.15, 0.2) is 0 Å². The Bertz CT molecular complexity index is 258. The number of nitrogens with one attached hydrogen (secondary N) is 1. The molecule has 100 valence electrons. The number of piperidine rings is 1. The summed E-state index contributed by atoms with van der Waals surface area (Å²) in [5, 5.41) is 38.6. The van der Waals surface area contributed by atoms with Gasteiger partial charge in [0.1, 0.15) is 24.9 Å². The van der Waals surface area contributed by atoms with Crippen molar-refractivity contribution in [2.24, 2.45) is 0 Å². The molecule has 0 amide bonds. The van der Waals surface area contributed by atoms with Gasteiger partial charge in [-0.3, -0.25) is 0 Å². The summed E-state index contributed by atoms with van der Waals surface area (Å²) in [6, 6.07) is 0. The van der Waals surface area contributed by atoms with E-state index in [1.165, 1.54) is 11.3 Å². The number of aliphatic hydroxyl groups excluding tert-OH is 3. The molecule has 2 fully saturated rings. The Morgan fingerprint density at radius 3 is 2.35 bits per heavy atom. The average molecular weight is 248 g/mol. The number of quaternary nitrogens is 1. The third-order valence-corrected chi connectivity index (χ3v) is 3.77. The first-order valence-corrected chi connectivity index (χ1v) is 6.27. The Morgan fingerprint density at radius 1 is 1.18 bits per heavy atom. The van der Waals surface area contributed by atoms with Gasteiger partial charge in [0, 0.05) is 0 Å². The van der Waals surface area contributed by atoms with Gasteiger partial charge in [0.15, 0.2) is 0 Å². The molecule has 0 bridgehead atoms. The van der Waals surface area contributed by atoms with Crippen molar-refractivity contribution in [3.8, 4) is 0 Å². The number of likely N-dealkylation sites (tertiary alicyclic amines) is 1. The fraction of sp³-hybridized carbons (Fsp3) is 1.00. The lowest BCUT2D eigenvalue weighted by Crippen LogP contribution is -3.15. The first-order chi connectivity index (χ1) is 8.07. The maximum atomic E-state index is 10.2. The van der Waals surface area contributed by atoms with Crippen molar-refractivity contribution in [3.63, 3.8) is 0 Å². The molecular weight excluding hydrogens is 226 g/mol. The van der Waals surface area contributed by atoms with E-state index < -0.39 is 30.7 Å². The van der Waals surface area contributed by atoms with Gasteiger partial charge in [-0.15, -0.1) is 0 Å². The minimum absolute atomic E-state index is 0.252. The molecule has 6 nitrogen and oxygen atoms in total. The fourth-order valence-corrected chi connectivity index (χ4v) is 2.75. The quantitative estimate of drug-likeness (QED) is 0.364. The van der Waals surface area contributed by atoms with Crippen molar-refractivity contribution < 1.29 is 30.1 Å². The normalized spacial score (nSPS) is 44.1. The van der Waals surface area contributed by atoms with Crippen LogP contribution >= 0.6 is 0 Å². The third kappa shape index (κ3) is 2.62. The summed E-state index contributed by atoms with van der Waals surface area (Å²) >= 11 is 0. The maximum absolute atomic E-state index is 10.2. The van der Waals surface area contributed by atoms with E-state index in [0.29, 0.717) is 0 Å². The van der Waals surface area contributed by atoms with Crippen molar-refractivity contribution in [2.75, 3.05) is 26.2 Å². The summed E-state index contributed by atoms with van der Waals surface area (Å²) in [7, 11) is 0. The summed E-state index contributed by atoms with van der Waals surface area (Å²) in [6.45, 7) is 1.73. The van der Waals surface area contributed by atoms with Crippen LogP contribution in [0, 0.1) is 0 Å². The Hall–Kier alpha value is -0.240. The predicted molar refractivity (Wildman–Crippen MR) is 58.3 cm³/mol. The molecule has 0 aromatic rings. The molecule has 2 heterocycles. The zero-order valence-corrected chi connectivity index (χ0v) is 9.88. The largest absolute Gasteiger partial charge is 0.394 e. The molecule has 0 spiro atoms. The van der Waals surface area contributed by atoms with Gasteiger partial charge in [-0.05, 0) is 19.3 Å². The average Bonchev–Trinajstić information content (AvgIpc) is 2.55. The molecule has 2 saturated heterocycles. The van der Waals surface area contributed by atoms with Crippen LogP contribution in [-0.2, 0) is 4.74 Å². The van der Waals surface area contributed by atoms with E-state index in [-0.39, 0.29) is 6.54 Å². The van der Waals surface area contributed by atoms with E-state index in [1.54, 1.807) is 0 Å². The van der Waals surface area contributed by atoms with Gasteiger partial charge >= 0.3 is 0 Å². The second-order valence-electron chi connectivity index (χ2n) is 5.11. The second kappa shape index (κ2) is 5.17. The fourth-order valence-electron chi connectivity index (χ4n) is 2.75. The molecule has 4 atom stereocenters. The third-order valence-electron chi connectivity index (χ3n) is 3.77. The molecule has 5 N–H and O–H groups in total. The molecule has 2 aliphatic heterocycles. The Morgan fingerprint density at radius 2 is 1.82 bits per heavy atom. The molecular formula is C11H22NO5+. The van der Waals surface area contributed by atoms with Crippen LogP contribution in [0.5, 0.6) is 0 Å². The van der Waals surface area contributed by atoms with E-state index in [0.717, 1.165) is 25.9 Å². The molecule has 17 heavy (non-hydrogen) atoms. The number of ether oxygens (including phenoxy) is 1. The second-order valence-corrected chi connectivity index (χ2v) is 5.11. The van der Waals surface area contributed by atoms with E-state index in [4.69, 9.17) is 9.84 Å². The van der Waals surface area contributed by atoms with E-state index in [2.05, 4.69) is 0 Å². The van der Waals surface area contributed by atoms with E-state index in [9.17, 15) is 15.3 Å². The summed E-state index contributed by atoms with van der Waals surface area (Å²) < 4.78 is 5.21. The monoisotopic (exact) mass is 248 g/mol. The summed E-state index contributed by atoms with van der Waals surface area (Å²) in [6.07, 6.45) is -0.0729. The molecule has 6 heteroatoms. The van der Waals surface area contributed by atoms with Gasteiger partial charge in [-0.2, -0.15) is 0 Å². The van der Waals surface area contributed by atoms with Gasteiger partial charge < -0.3 is 30.1 Å². The Labute approximate surface area is 100 Å². The standard InChI is InChI=1S/C11H21NO5/c13-6-8-9(14)10(15)11(16,17-8)7-12-4-2-1-3-5-12/h8-10,13-16H,1-7H2/p+1/t8-,9+,10+,11-/m0/s1. The molecule has 0 aliphatic carbocycles. The highest BCUT2D eigenvalue weighted by atomic mass is 16.7. The van der Waals surface area contributed by atoms with Gasteiger partial charge in [0.25, 0.3) is 0 Å². The maximum Gasteiger partial charge on any atom is 0.246 e. The first-order valence-electron chi connectivity index (χ1n) is 6.27. The zero-order valence-electron chi connectivity index (χ0n) is 9.88. The van der Waals surface area contributed by atoms with Gasteiger partial charge in [0.05, 0.1) is 19.7 Å². The van der Waals surface area contributed by atoms with Crippen LogP contribution in [0.4, 0.5) is 0 Å². The smallest absolute Gasteiger partial charge is 0.246 e. The van der Waals surface area contributed by atoms with Gasteiger partial charge in [0.2, 0.25) is 5.79 Å². The highest BCUT2D eigenvalue weighted by Gasteiger charge is 2.55. The van der Waals surface area contributed by atoms with Crippen molar-refractivity contribution in [2.45, 2.75) is 43.4 Å². The molecule has 0 aromatic heterocycles. The van der Waals surface area contributed by atoms with Crippen LogP contribution in [0.3, 0.4) is 0 Å². The number of hydrogen-bond acceptors (Lipinski definition) is 5. The summed E-state index contributed by atoms with van der Waals surface area (Å²) in [5.41, 5.74) is 0. The molecule has 0 radical (unpaired) electrons. The predicted octanol–water partition coefficient (Wildman–Crippen LogP) is -3.14. The van der Waals surface area contributed by atoms with Crippen LogP contribution in [0.2, 0.25) is 0 Å². The van der Waals surface area contributed by atoms with Crippen molar-refractivity contribution in [1.29, 1.82) is 0 Å². The summed E-state index contributed by atoms with van der Waals surface area (Å²) in [5.74, 6) is -1.74. The van der Waals surface area contributed by atoms with Gasteiger partial charge in [-0.25, -0.2) is 0 Å².